The number of rotatable bonds is 5. The van der Waals surface area contributed by atoms with Gasteiger partial charge in [-0.25, -0.2) is 13.8 Å². The van der Waals surface area contributed by atoms with Crippen LogP contribution >= 0.6 is 0 Å². The lowest BCUT2D eigenvalue weighted by Gasteiger charge is -2.27. The number of nitrogens with one attached hydrogen (secondary N) is 3. The number of hydrogen-bond acceptors (Lipinski definition) is 5. The molecule has 0 spiro atoms. The fourth-order valence-electron chi connectivity index (χ4n) is 4.18. The summed E-state index contributed by atoms with van der Waals surface area (Å²) >= 11 is 0. The highest BCUT2D eigenvalue weighted by Gasteiger charge is 2.22. The van der Waals surface area contributed by atoms with Gasteiger partial charge in [-0.1, -0.05) is 18.2 Å². The topological polar surface area (TPSA) is 90.9 Å². The summed E-state index contributed by atoms with van der Waals surface area (Å²) in [7, 11) is 1.88. The number of para-hydroxylation sites is 1. The van der Waals surface area contributed by atoms with E-state index in [1.54, 1.807) is 0 Å². The molecular weight excluding hydrogens is 428 g/mol. The summed E-state index contributed by atoms with van der Waals surface area (Å²) in [5.41, 5.74) is 2.99. The minimum absolute atomic E-state index is 0.282. The van der Waals surface area contributed by atoms with Crippen LogP contribution in [0, 0.1) is 11.6 Å². The normalized spacial score (nSPS) is 14.6. The summed E-state index contributed by atoms with van der Waals surface area (Å²) in [4.78, 5) is 19.8. The molecule has 0 atom stereocenters. The number of aryl methyl sites for hydroxylation is 1. The molecule has 0 aliphatic carbocycles. The first-order valence-corrected chi connectivity index (χ1v) is 10.7. The maximum Gasteiger partial charge on any atom is 0.261 e. The Balaban J connectivity index is 1.48. The van der Waals surface area contributed by atoms with Gasteiger partial charge in [-0.15, -0.1) is 0 Å². The smallest absolute Gasteiger partial charge is 0.261 e. The summed E-state index contributed by atoms with van der Waals surface area (Å²) < 4.78 is 30.0. The van der Waals surface area contributed by atoms with E-state index in [0.717, 1.165) is 61.5 Å². The molecule has 2 aromatic carbocycles. The van der Waals surface area contributed by atoms with Crippen molar-refractivity contribution in [1.82, 2.24) is 30.0 Å². The molecule has 0 bridgehead atoms. The highest BCUT2D eigenvalue weighted by Crippen LogP contribution is 2.30. The molecule has 1 amide bonds. The quantitative estimate of drug-likeness (QED) is 0.434. The fraction of sp³-hybridized carbons (Fsp3) is 0.261. The number of hydrogen-bond donors (Lipinski definition) is 3. The fourth-order valence-corrected chi connectivity index (χ4v) is 4.18. The van der Waals surface area contributed by atoms with Crippen molar-refractivity contribution in [1.29, 1.82) is 0 Å². The van der Waals surface area contributed by atoms with E-state index in [1.165, 1.54) is 12.3 Å². The van der Waals surface area contributed by atoms with Gasteiger partial charge in [0.15, 0.2) is 5.82 Å². The first kappa shape index (κ1) is 21.2. The molecule has 8 nitrogen and oxygen atoms in total. The average Bonchev–Trinajstić information content (AvgIpc) is 3.39. The van der Waals surface area contributed by atoms with Gasteiger partial charge in [0.25, 0.3) is 5.91 Å². The van der Waals surface area contributed by atoms with Gasteiger partial charge in [0.05, 0.1) is 22.9 Å². The lowest BCUT2D eigenvalue weighted by atomic mass is 10.1. The van der Waals surface area contributed by atoms with Crippen LogP contribution < -0.4 is 10.6 Å². The van der Waals surface area contributed by atoms with Crippen LogP contribution in [0.1, 0.15) is 15.9 Å². The van der Waals surface area contributed by atoms with Gasteiger partial charge < -0.3 is 15.2 Å². The Bertz CT molecular complexity index is 1300. The molecule has 3 N–H and O–H groups in total. The Morgan fingerprint density at radius 3 is 2.61 bits per heavy atom. The molecule has 10 heteroatoms. The van der Waals surface area contributed by atoms with Crippen molar-refractivity contribution < 1.29 is 13.6 Å². The molecule has 1 aliphatic heterocycles. The van der Waals surface area contributed by atoms with Gasteiger partial charge in [0.1, 0.15) is 22.9 Å². The van der Waals surface area contributed by atoms with Crippen LogP contribution in [-0.4, -0.2) is 56.7 Å². The Morgan fingerprint density at radius 2 is 1.85 bits per heavy atom. The number of aromatic nitrogens is 4. The van der Waals surface area contributed by atoms with Crippen LogP contribution in [-0.2, 0) is 13.6 Å². The molecule has 0 radical (unpaired) electrons. The van der Waals surface area contributed by atoms with Crippen molar-refractivity contribution >= 4 is 22.6 Å². The molecule has 1 aliphatic rings. The first-order valence-electron chi connectivity index (χ1n) is 10.7. The number of H-pyrrole nitrogens is 1. The van der Waals surface area contributed by atoms with Crippen LogP contribution in [0.5, 0.6) is 0 Å². The minimum atomic E-state index is -0.933. The molecule has 1 saturated heterocycles. The van der Waals surface area contributed by atoms with E-state index in [-0.39, 0.29) is 5.69 Å². The van der Waals surface area contributed by atoms with Crippen LogP contribution in [0.15, 0.2) is 42.6 Å². The number of nitrogens with zero attached hydrogens (tertiary/aromatic N) is 4. The third-order valence-corrected chi connectivity index (χ3v) is 5.90. The van der Waals surface area contributed by atoms with Gasteiger partial charge in [-0.05, 0) is 23.8 Å². The van der Waals surface area contributed by atoms with E-state index in [4.69, 9.17) is 4.98 Å². The molecule has 5 rings (SSSR count). The Labute approximate surface area is 188 Å². The monoisotopic (exact) mass is 451 g/mol. The van der Waals surface area contributed by atoms with Gasteiger partial charge >= 0.3 is 0 Å². The second-order valence-electron chi connectivity index (χ2n) is 8.01. The van der Waals surface area contributed by atoms with Gasteiger partial charge in [-0.3, -0.25) is 14.8 Å². The largest absolute Gasteiger partial charge is 0.326 e. The zero-order chi connectivity index (χ0) is 22.9. The highest BCUT2D eigenvalue weighted by molar-refractivity contribution is 6.06. The van der Waals surface area contributed by atoms with E-state index in [2.05, 4.69) is 31.8 Å². The second-order valence-corrected chi connectivity index (χ2v) is 8.01. The van der Waals surface area contributed by atoms with Crippen molar-refractivity contribution in [3.8, 4) is 11.5 Å². The summed E-state index contributed by atoms with van der Waals surface area (Å²) in [6, 6.07) is 9.34. The number of carbonyl (C=O) groups is 1. The number of amides is 1. The number of aromatic amines is 1. The maximum absolute atomic E-state index is 14.0. The highest BCUT2D eigenvalue weighted by atomic mass is 19.1. The Morgan fingerprint density at radius 1 is 1.12 bits per heavy atom. The number of fused-ring (bicyclic) bond motifs is 1. The second kappa shape index (κ2) is 8.72. The zero-order valence-electron chi connectivity index (χ0n) is 18.0. The summed E-state index contributed by atoms with van der Waals surface area (Å²) in [5, 5.41) is 12.8. The third kappa shape index (κ3) is 3.98. The molecule has 2 aromatic heterocycles. The molecule has 3 heterocycles. The van der Waals surface area contributed by atoms with Crippen LogP contribution in [0.2, 0.25) is 0 Å². The maximum atomic E-state index is 14.0. The number of benzene rings is 2. The Hall–Kier alpha value is -3.63. The van der Waals surface area contributed by atoms with Crippen molar-refractivity contribution in [2.24, 2.45) is 7.05 Å². The van der Waals surface area contributed by atoms with Crippen LogP contribution in [0.4, 0.5) is 14.5 Å². The van der Waals surface area contributed by atoms with Crippen LogP contribution in [0.25, 0.3) is 22.6 Å². The van der Waals surface area contributed by atoms with Crippen LogP contribution in [0.3, 0.4) is 0 Å². The summed E-state index contributed by atoms with van der Waals surface area (Å²) in [5.74, 6) is -2.21. The number of anilines is 1. The SMILES string of the molecule is Cn1c(-c2[nH]ncc2NC(=O)c2c(F)cccc2F)nc2c(CN3CCNCC3)cccc21. The molecule has 0 unspecified atom stereocenters. The van der Waals surface area contributed by atoms with Crippen molar-refractivity contribution in [2.75, 3.05) is 31.5 Å². The van der Waals surface area contributed by atoms with Gasteiger partial charge in [0, 0.05) is 39.8 Å². The predicted molar refractivity (Wildman–Crippen MR) is 121 cm³/mol. The molecule has 0 saturated carbocycles. The Kier molecular flexibility index (Phi) is 5.61. The summed E-state index contributed by atoms with van der Waals surface area (Å²) in [6.07, 6.45) is 1.40. The molecule has 4 aromatic rings. The molecular formula is C23H23F2N7O. The van der Waals surface area contributed by atoms with E-state index in [0.29, 0.717) is 11.5 Å². The lowest BCUT2D eigenvalue weighted by Crippen LogP contribution is -2.42. The number of imidazole rings is 1. The number of piperazine rings is 1. The van der Waals surface area contributed by atoms with Gasteiger partial charge in [-0.2, -0.15) is 5.10 Å². The predicted octanol–water partition coefficient (Wildman–Crippen LogP) is 2.90. The number of halogens is 2. The lowest BCUT2D eigenvalue weighted by molar-refractivity contribution is 0.101. The molecule has 33 heavy (non-hydrogen) atoms. The first-order chi connectivity index (χ1) is 16.0. The molecule has 170 valence electrons. The van der Waals surface area contributed by atoms with Crippen molar-refractivity contribution in [3.05, 3.63) is 65.4 Å². The van der Waals surface area contributed by atoms with E-state index in [9.17, 15) is 13.6 Å². The summed E-state index contributed by atoms with van der Waals surface area (Å²) in [6.45, 7) is 4.65. The zero-order valence-corrected chi connectivity index (χ0v) is 18.0. The van der Waals surface area contributed by atoms with Gasteiger partial charge in [0.2, 0.25) is 0 Å². The van der Waals surface area contributed by atoms with E-state index in [1.807, 2.05) is 23.7 Å². The van der Waals surface area contributed by atoms with E-state index < -0.39 is 23.1 Å². The van der Waals surface area contributed by atoms with E-state index >= 15 is 0 Å². The van der Waals surface area contributed by atoms with Crippen molar-refractivity contribution in [3.63, 3.8) is 0 Å². The number of carbonyl (C=O) groups excluding carboxylic acids is 1. The minimum Gasteiger partial charge on any atom is -0.326 e. The average molecular weight is 451 g/mol. The standard InChI is InChI=1S/C23H23F2N7O/c1-31-18-7-2-4-14(13-32-10-8-26-9-11-32)20(18)29-22(31)21-17(12-27-30-21)28-23(33)19-15(24)5-3-6-16(19)25/h2-7,12,26H,8-11,13H2,1H3,(H,27,30)(H,28,33). The van der Waals surface area contributed by atoms with Crippen molar-refractivity contribution in [2.45, 2.75) is 6.54 Å². The molecule has 1 fully saturated rings. The third-order valence-electron chi connectivity index (χ3n) is 5.90.